The molecule has 0 radical (unpaired) electrons. The molecule has 0 aliphatic rings. The van der Waals surface area contributed by atoms with Crippen LogP contribution in [-0.4, -0.2) is 30.2 Å². The second kappa shape index (κ2) is 5.14. The molecule has 0 saturated carbocycles. The largest absolute Gasteiger partial charge is 0.310 e. The van der Waals surface area contributed by atoms with Crippen LogP contribution in [-0.2, 0) is 23.2 Å². The van der Waals surface area contributed by atoms with E-state index < -0.39 is 10.8 Å². The number of rotatable bonds is 4. The van der Waals surface area contributed by atoms with Crippen LogP contribution in [0, 0.1) is 0 Å². The van der Waals surface area contributed by atoms with Gasteiger partial charge in [-0.1, -0.05) is 0 Å². The lowest BCUT2D eigenvalue weighted by Crippen LogP contribution is -2.19. The van der Waals surface area contributed by atoms with Gasteiger partial charge in [0.25, 0.3) is 0 Å². The molecule has 2 heterocycles. The van der Waals surface area contributed by atoms with Gasteiger partial charge in [-0.15, -0.1) is 11.6 Å². The van der Waals surface area contributed by atoms with Gasteiger partial charge in [-0.2, -0.15) is 0 Å². The third kappa shape index (κ3) is 2.50. The molecule has 17 heavy (non-hydrogen) atoms. The maximum absolute atomic E-state index is 11.4. The first kappa shape index (κ1) is 12.5. The molecule has 0 bridgehead atoms. The second-order valence-electron chi connectivity index (χ2n) is 3.93. The molecule has 0 aromatic carbocycles. The van der Waals surface area contributed by atoms with Gasteiger partial charge in [0, 0.05) is 35.0 Å². The summed E-state index contributed by atoms with van der Waals surface area (Å²) < 4.78 is 13.4. The van der Waals surface area contributed by atoms with Crippen LogP contribution in [0.4, 0.5) is 0 Å². The molecular weight excluding hydrogens is 258 g/mol. The Kier molecular flexibility index (Phi) is 3.79. The van der Waals surface area contributed by atoms with E-state index in [2.05, 4.69) is 9.97 Å². The molecule has 2 aromatic rings. The fraction of sp³-hybridized carbons (Fsp3) is 0.455. The molecule has 2 atom stereocenters. The smallest absolute Gasteiger partial charge is 0.160 e. The Bertz CT molecular complexity index is 555. The van der Waals surface area contributed by atoms with Crippen LogP contribution in [0.15, 0.2) is 18.3 Å². The SMILES string of the molecule is CC(Cn1c(CCl)nc2cccnc21)S(C)=O. The van der Waals surface area contributed by atoms with Gasteiger partial charge in [0.1, 0.15) is 11.3 Å². The summed E-state index contributed by atoms with van der Waals surface area (Å²) in [5, 5.41) is 0.0522. The third-order valence-corrected chi connectivity index (χ3v) is 4.23. The minimum atomic E-state index is -0.868. The summed E-state index contributed by atoms with van der Waals surface area (Å²) in [6.07, 6.45) is 3.43. The fourth-order valence-electron chi connectivity index (χ4n) is 1.66. The van der Waals surface area contributed by atoms with E-state index in [-0.39, 0.29) is 5.25 Å². The van der Waals surface area contributed by atoms with Crippen LogP contribution in [0.5, 0.6) is 0 Å². The Morgan fingerprint density at radius 2 is 2.35 bits per heavy atom. The van der Waals surface area contributed by atoms with Crippen molar-refractivity contribution in [3.8, 4) is 0 Å². The lowest BCUT2D eigenvalue weighted by atomic mass is 10.4. The first-order chi connectivity index (χ1) is 8.13. The average molecular weight is 272 g/mol. The molecule has 92 valence electrons. The molecule has 0 N–H and O–H groups in total. The Morgan fingerprint density at radius 1 is 1.59 bits per heavy atom. The van der Waals surface area contributed by atoms with Crippen LogP contribution in [0.1, 0.15) is 12.7 Å². The molecule has 2 aromatic heterocycles. The standard InChI is InChI=1S/C11H14ClN3OS/c1-8(17(2)16)7-15-10(6-12)14-9-4-3-5-13-11(9)15/h3-5,8H,6-7H2,1-2H3. The van der Waals surface area contributed by atoms with Crippen LogP contribution in [0.3, 0.4) is 0 Å². The van der Waals surface area contributed by atoms with E-state index in [0.29, 0.717) is 12.4 Å². The van der Waals surface area contributed by atoms with Gasteiger partial charge >= 0.3 is 0 Å². The van der Waals surface area contributed by atoms with Gasteiger partial charge in [0.05, 0.1) is 5.88 Å². The summed E-state index contributed by atoms with van der Waals surface area (Å²) in [7, 11) is -0.868. The summed E-state index contributed by atoms with van der Waals surface area (Å²) in [5.41, 5.74) is 1.64. The molecule has 6 heteroatoms. The zero-order chi connectivity index (χ0) is 12.4. The molecule has 0 fully saturated rings. The molecule has 0 spiro atoms. The highest BCUT2D eigenvalue weighted by molar-refractivity contribution is 7.84. The Labute approximate surface area is 107 Å². The van der Waals surface area contributed by atoms with E-state index in [9.17, 15) is 4.21 Å². The van der Waals surface area contributed by atoms with E-state index in [1.165, 1.54) is 0 Å². The van der Waals surface area contributed by atoms with Crippen LogP contribution >= 0.6 is 11.6 Å². The predicted octanol–water partition coefficient (Wildman–Crippen LogP) is 1.94. The topological polar surface area (TPSA) is 47.8 Å². The van der Waals surface area contributed by atoms with Gasteiger partial charge in [-0.3, -0.25) is 4.21 Å². The molecule has 0 aliphatic carbocycles. The normalized spacial score (nSPS) is 15.0. The number of fused-ring (bicyclic) bond motifs is 1. The highest BCUT2D eigenvalue weighted by atomic mass is 35.5. The fourth-order valence-corrected chi connectivity index (χ4v) is 2.22. The monoisotopic (exact) mass is 271 g/mol. The van der Waals surface area contributed by atoms with E-state index in [1.807, 2.05) is 23.6 Å². The predicted molar refractivity (Wildman–Crippen MR) is 70.6 cm³/mol. The molecule has 2 unspecified atom stereocenters. The van der Waals surface area contributed by atoms with E-state index in [1.54, 1.807) is 12.5 Å². The molecule has 0 saturated heterocycles. The second-order valence-corrected chi connectivity index (χ2v) is 6.00. The van der Waals surface area contributed by atoms with Crippen molar-refractivity contribution in [1.29, 1.82) is 0 Å². The number of nitrogens with zero attached hydrogens (tertiary/aromatic N) is 3. The number of aromatic nitrogens is 3. The Balaban J connectivity index is 2.46. The van der Waals surface area contributed by atoms with Crippen molar-refractivity contribution in [3.63, 3.8) is 0 Å². The van der Waals surface area contributed by atoms with Gasteiger partial charge in [0.2, 0.25) is 0 Å². The van der Waals surface area contributed by atoms with Crippen molar-refractivity contribution in [2.24, 2.45) is 0 Å². The molecule has 0 amide bonds. The average Bonchev–Trinajstić information content (AvgIpc) is 2.67. The first-order valence-electron chi connectivity index (χ1n) is 5.31. The van der Waals surface area contributed by atoms with Crippen LogP contribution < -0.4 is 0 Å². The lowest BCUT2D eigenvalue weighted by Gasteiger charge is -2.11. The number of imidazole rings is 1. The van der Waals surface area contributed by atoms with Gasteiger partial charge in [-0.25, -0.2) is 9.97 Å². The molecule has 2 rings (SSSR count). The van der Waals surface area contributed by atoms with Crippen molar-refractivity contribution in [1.82, 2.24) is 14.5 Å². The van der Waals surface area contributed by atoms with E-state index in [0.717, 1.165) is 17.0 Å². The van der Waals surface area contributed by atoms with Gasteiger partial charge < -0.3 is 4.57 Å². The third-order valence-electron chi connectivity index (χ3n) is 2.71. The van der Waals surface area contributed by atoms with Crippen molar-refractivity contribution < 1.29 is 4.21 Å². The van der Waals surface area contributed by atoms with Crippen molar-refractivity contribution >= 4 is 33.6 Å². The van der Waals surface area contributed by atoms with E-state index >= 15 is 0 Å². The molecular formula is C11H14ClN3OS. The highest BCUT2D eigenvalue weighted by Crippen LogP contribution is 2.16. The summed E-state index contributed by atoms with van der Waals surface area (Å²) >= 11 is 5.88. The van der Waals surface area contributed by atoms with Crippen LogP contribution in [0.25, 0.3) is 11.2 Å². The minimum Gasteiger partial charge on any atom is -0.310 e. The Morgan fingerprint density at radius 3 is 3.00 bits per heavy atom. The van der Waals surface area contributed by atoms with Crippen LogP contribution in [0.2, 0.25) is 0 Å². The lowest BCUT2D eigenvalue weighted by molar-refractivity contribution is 0.638. The van der Waals surface area contributed by atoms with Crippen molar-refractivity contribution in [2.75, 3.05) is 6.26 Å². The zero-order valence-corrected chi connectivity index (χ0v) is 11.3. The molecule has 0 aliphatic heterocycles. The maximum atomic E-state index is 11.4. The van der Waals surface area contributed by atoms with E-state index in [4.69, 9.17) is 11.6 Å². The quantitative estimate of drug-likeness (QED) is 0.799. The van der Waals surface area contributed by atoms with Gasteiger partial charge in [0.15, 0.2) is 5.65 Å². The summed E-state index contributed by atoms with van der Waals surface area (Å²) in [6, 6.07) is 3.75. The summed E-state index contributed by atoms with van der Waals surface area (Å²) in [5.74, 6) is 1.11. The number of pyridine rings is 1. The number of hydrogen-bond acceptors (Lipinski definition) is 3. The van der Waals surface area contributed by atoms with Gasteiger partial charge in [-0.05, 0) is 19.1 Å². The zero-order valence-electron chi connectivity index (χ0n) is 9.76. The number of halogens is 1. The number of hydrogen-bond donors (Lipinski definition) is 0. The summed E-state index contributed by atoms with van der Waals surface area (Å²) in [4.78, 5) is 8.72. The maximum Gasteiger partial charge on any atom is 0.160 e. The minimum absolute atomic E-state index is 0.0522. The first-order valence-corrected chi connectivity index (χ1v) is 7.47. The Hall–Kier alpha value is -0.940. The number of alkyl halides is 1. The van der Waals surface area contributed by atoms with Crippen molar-refractivity contribution in [3.05, 3.63) is 24.2 Å². The summed E-state index contributed by atoms with van der Waals surface area (Å²) in [6.45, 7) is 2.57. The highest BCUT2D eigenvalue weighted by Gasteiger charge is 2.14. The van der Waals surface area contributed by atoms with Crippen molar-refractivity contribution in [2.45, 2.75) is 24.6 Å². The molecule has 4 nitrogen and oxygen atoms in total.